The fourth-order valence-corrected chi connectivity index (χ4v) is 9.24. The van der Waals surface area contributed by atoms with Crippen molar-refractivity contribution in [3.05, 3.63) is 230 Å². The fraction of sp³-hybridized carbons (Fsp3) is 0.0545. The van der Waals surface area contributed by atoms with Gasteiger partial charge in [0.1, 0.15) is 0 Å². The molecule has 0 bridgehead atoms. The van der Waals surface area contributed by atoms with E-state index in [4.69, 9.17) is 0 Å². The molecule has 270 valence electrons. The molecule has 0 aliphatic heterocycles. The first-order chi connectivity index (χ1) is 28.2. The Kier molecular flexibility index (Phi) is 7.89. The number of para-hydroxylation sites is 4. The van der Waals surface area contributed by atoms with Gasteiger partial charge >= 0.3 is 0 Å². The molecule has 2 heteroatoms. The van der Waals surface area contributed by atoms with Crippen LogP contribution in [0.25, 0.3) is 44.2 Å². The molecule has 0 atom stereocenters. The van der Waals surface area contributed by atoms with Crippen LogP contribution in [-0.2, 0) is 5.41 Å². The molecule has 0 aromatic heterocycles. The van der Waals surface area contributed by atoms with E-state index in [1.807, 2.05) is 0 Å². The van der Waals surface area contributed by atoms with Gasteiger partial charge in [-0.3, -0.25) is 0 Å². The molecule has 9 aromatic carbocycles. The van der Waals surface area contributed by atoms with Gasteiger partial charge in [-0.1, -0.05) is 140 Å². The van der Waals surface area contributed by atoms with Crippen molar-refractivity contribution in [2.24, 2.45) is 0 Å². The standard InChI is InChI=1S/C55H40N2/c1-5-14-42(15-6-1)56(43-16-7-2-8-17-43)46-29-24-39(25-30-46)41-28-33-49-51-35-34-48(50-22-13-23-52(54(50)51)55(36-37-55)53(49)38-41)40-26-31-47(32-27-40)57(44-18-9-3-10-19-44)45-20-11-4-12-21-45/h1-35,38H,36-37H2. The highest BCUT2D eigenvalue weighted by molar-refractivity contribution is 6.10. The monoisotopic (exact) mass is 728 g/mol. The van der Waals surface area contributed by atoms with E-state index in [2.05, 4.69) is 228 Å². The van der Waals surface area contributed by atoms with Gasteiger partial charge in [-0.05, 0) is 147 Å². The average Bonchev–Trinajstić information content (AvgIpc) is 4.09. The van der Waals surface area contributed by atoms with Crippen molar-refractivity contribution in [2.75, 3.05) is 9.80 Å². The molecule has 0 amide bonds. The summed E-state index contributed by atoms with van der Waals surface area (Å²) in [6, 6.07) is 79.6. The summed E-state index contributed by atoms with van der Waals surface area (Å²) in [6.07, 6.45) is 2.36. The van der Waals surface area contributed by atoms with Crippen molar-refractivity contribution in [2.45, 2.75) is 18.3 Å². The highest BCUT2D eigenvalue weighted by atomic mass is 15.1. The first-order valence-electron chi connectivity index (χ1n) is 20.0. The van der Waals surface area contributed by atoms with Crippen LogP contribution in [0.2, 0.25) is 0 Å². The largest absolute Gasteiger partial charge is 0.311 e. The molecule has 0 radical (unpaired) electrons. The van der Waals surface area contributed by atoms with Crippen LogP contribution in [-0.4, -0.2) is 0 Å². The number of anilines is 6. The Balaban J connectivity index is 0.951. The maximum Gasteiger partial charge on any atom is 0.0462 e. The van der Waals surface area contributed by atoms with Crippen LogP contribution in [0.15, 0.2) is 218 Å². The van der Waals surface area contributed by atoms with Gasteiger partial charge in [0.25, 0.3) is 0 Å². The zero-order chi connectivity index (χ0) is 37.8. The molecule has 0 heterocycles. The molecule has 9 aromatic rings. The van der Waals surface area contributed by atoms with E-state index in [0.29, 0.717) is 0 Å². The van der Waals surface area contributed by atoms with Crippen LogP contribution in [0.5, 0.6) is 0 Å². The minimum Gasteiger partial charge on any atom is -0.311 e. The zero-order valence-corrected chi connectivity index (χ0v) is 31.6. The first-order valence-corrected chi connectivity index (χ1v) is 20.0. The molecule has 2 aliphatic rings. The summed E-state index contributed by atoms with van der Waals surface area (Å²) in [6.45, 7) is 0. The van der Waals surface area contributed by atoms with Crippen molar-refractivity contribution >= 4 is 44.9 Å². The smallest absolute Gasteiger partial charge is 0.0462 e. The number of hydrogen-bond donors (Lipinski definition) is 0. The normalized spacial score (nSPS) is 13.3. The van der Waals surface area contributed by atoms with Gasteiger partial charge in [-0.25, -0.2) is 0 Å². The lowest BCUT2D eigenvalue weighted by atomic mass is 9.73. The third kappa shape index (κ3) is 5.64. The lowest BCUT2D eigenvalue weighted by Gasteiger charge is -2.30. The maximum atomic E-state index is 2.49. The van der Waals surface area contributed by atoms with Gasteiger partial charge in [0, 0.05) is 39.5 Å². The van der Waals surface area contributed by atoms with Crippen LogP contribution >= 0.6 is 0 Å². The molecule has 2 nitrogen and oxygen atoms in total. The first kappa shape index (κ1) is 33.2. The summed E-state index contributed by atoms with van der Waals surface area (Å²) in [4.78, 5) is 4.64. The van der Waals surface area contributed by atoms with Gasteiger partial charge in [0.15, 0.2) is 0 Å². The van der Waals surface area contributed by atoms with E-state index < -0.39 is 0 Å². The Morgan fingerprint density at radius 3 is 1.21 bits per heavy atom. The van der Waals surface area contributed by atoms with Crippen molar-refractivity contribution in [3.63, 3.8) is 0 Å². The van der Waals surface area contributed by atoms with Crippen LogP contribution in [0.3, 0.4) is 0 Å². The second-order valence-electron chi connectivity index (χ2n) is 15.3. The molecular weight excluding hydrogens is 689 g/mol. The van der Waals surface area contributed by atoms with Crippen molar-refractivity contribution in [1.82, 2.24) is 0 Å². The van der Waals surface area contributed by atoms with Crippen molar-refractivity contribution in [1.29, 1.82) is 0 Å². The lowest BCUT2D eigenvalue weighted by Crippen LogP contribution is -2.15. The van der Waals surface area contributed by atoms with Gasteiger partial charge in [-0.2, -0.15) is 0 Å². The quantitative estimate of drug-likeness (QED) is 0.154. The summed E-state index contributed by atoms with van der Waals surface area (Å²) < 4.78 is 0. The predicted octanol–water partition coefficient (Wildman–Crippen LogP) is 15.2. The number of hydrogen-bond acceptors (Lipinski definition) is 2. The Morgan fingerprint density at radius 2 is 0.719 bits per heavy atom. The molecule has 0 saturated heterocycles. The summed E-state index contributed by atoms with van der Waals surface area (Å²) >= 11 is 0. The van der Waals surface area contributed by atoms with Gasteiger partial charge < -0.3 is 9.80 Å². The maximum absolute atomic E-state index is 2.49. The number of benzene rings is 9. The van der Waals surface area contributed by atoms with E-state index in [0.717, 1.165) is 34.1 Å². The number of rotatable bonds is 8. The zero-order valence-electron chi connectivity index (χ0n) is 31.6. The average molecular weight is 729 g/mol. The summed E-state index contributed by atoms with van der Waals surface area (Å²) in [5.41, 5.74) is 17.6. The molecule has 0 N–H and O–H groups in total. The molecule has 11 rings (SSSR count). The van der Waals surface area contributed by atoms with E-state index >= 15 is 0 Å². The molecule has 2 aliphatic carbocycles. The number of nitrogens with zero attached hydrogens (tertiary/aromatic N) is 2. The fourth-order valence-electron chi connectivity index (χ4n) is 9.24. The van der Waals surface area contributed by atoms with Crippen LogP contribution in [0, 0.1) is 0 Å². The van der Waals surface area contributed by atoms with Gasteiger partial charge in [-0.15, -0.1) is 0 Å². The lowest BCUT2D eigenvalue weighted by molar-refractivity contribution is 0.854. The second-order valence-corrected chi connectivity index (χ2v) is 15.3. The Bertz CT molecular complexity index is 2780. The molecule has 57 heavy (non-hydrogen) atoms. The topological polar surface area (TPSA) is 6.48 Å². The molecule has 0 unspecified atom stereocenters. The van der Waals surface area contributed by atoms with Crippen LogP contribution < -0.4 is 9.80 Å². The summed E-state index contributed by atoms with van der Waals surface area (Å²) in [5.74, 6) is 0. The molecular formula is C55H40N2. The van der Waals surface area contributed by atoms with Crippen LogP contribution in [0.1, 0.15) is 24.0 Å². The second kappa shape index (κ2) is 13.5. The Morgan fingerprint density at radius 1 is 0.298 bits per heavy atom. The molecule has 1 fully saturated rings. The predicted molar refractivity (Wildman–Crippen MR) is 240 cm³/mol. The Labute approximate surface area is 334 Å². The third-order valence-electron chi connectivity index (χ3n) is 12.1. The molecule has 1 spiro atoms. The van der Waals surface area contributed by atoms with Crippen molar-refractivity contribution < 1.29 is 0 Å². The van der Waals surface area contributed by atoms with Crippen molar-refractivity contribution in [3.8, 4) is 33.4 Å². The van der Waals surface area contributed by atoms with E-state index in [1.165, 1.54) is 68.1 Å². The SMILES string of the molecule is c1ccc(N(c2ccccc2)c2ccc(-c3ccc4c(c3)C3(CC3)c3cccc5c(-c6ccc(N(c7ccccc7)c7ccccc7)cc6)ccc-4c35)cc2)cc1. The number of fused-ring (bicyclic) bond motifs is 4. The summed E-state index contributed by atoms with van der Waals surface area (Å²) in [7, 11) is 0. The van der Waals surface area contributed by atoms with E-state index in [1.54, 1.807) is 0 Å². The van der Waals surface area contributed by atoms with E-state index in [9.17, 15) is 0 Å². The third-order valence-corrected chi connectivity index (χ3v) is 12.1. The van der Waals surface area contributed by atoms with Gasteiger partial charge in [0.2, 0.25) is 0 Å². The van der Waals surface area contributed by atoms with Crippen LogP contribution in [0.4, 0.5) is 34.1 Å². The Hall–Kier alpha value is -7.16. The minimum absolute atomic E-state index is 0.0591. The highest BCUT2D eigenvalue weighted by Gasteiger charge is 2.50. The minimum atomic E-state index is 0.0591. The van der Waals surface area contributed by atoms with E-state index in [-0.39, 0.29) is 5.41 Å². The van der Waals surface area contributed by atoms with Gasteiger partial charge in [0.05, 0.1) is 0 Å². The molecule has 1 saturated carbocycles. The highest BCUT2D eigenvalue weighted by Crippen LogP contribution is 2.62. The summed E-state index contributed by atoms with van der Waals surface area (Å²) in [5, 5.41) is 2.75.